The summed E-state index contributed by atoms with van der Waals surface area (Å²) < 4.78 is 0. The maximum absolute atomic E-state index is 10.8. The Bertz CT molecular complexity index is 571. The van der Waals surface area contributed by atoms with Crippen LogP contribution in [0.2, 0.25) is 5.02 Å². The highest BCUT2D eigenvalue weighted by Crippen LogP contribution is 2.25. The van der Waals surface area contributed by atoms with E-state index in [4.69, 9.17) is 16.7 Å². The summed E-state index contributed by atoms with van der Waals surface area (Å²) >= 11 is 5.95. The fourth-order valence-corrected chi connectivity index (χ4v) is 1.42. The van der Waals surface area contributed by atoms with Crippen LogP contribution in [0, 0.1) is 6.92 Å². The number of aryl methyl sites for hydroxylation is 1. The minimum Gasteiger partial charge on any atom is -0.478 e. The molecule has 0 saturated heterocycles. The number of hydrogen-bond donors (Lipinski definition) is 1. The van der Waals surface area contributed by atoms with E-state index in [0.29, 0.717) is 16.4 Å². The summed E-state index contributed by atoms with van der Waals surface area (Å²) in [5.41, 5.74) is 0.500. The molecule has 1 N–H and O–H groups in total. The van der Waals surface area contributed by atoms with E-state index in [-0.39, 0.29) is 11.4 Å². The zero-order valence-electron chi connectivity index (χ0n) is 8.75. The van der Waals surface area contributed by atoms with Crippen LogP contribution in [-0.2, 0) is 0 Å². The van der Waals surface area contributed by atoms with Gasteiger partial charge in [-0.15, -0.1) is 20.4 Å². The second-order valence-electron chi connectivity index (χ2n) is 3.27. The van der Waals surface area contributed by atoms with Gasteiger partial charge in [0.05, 0.1) is 10.6 Å². The van der Waals surface area contributed by atoms with E-state index < -0.39 is 5.97 Å². The topological polar surface area (TPSA) is 88.9 Å². The van der Waals surface area contributed by atoms with Gasteiger partial charge in [-0.3, -0.25) is 0 Å². The highest BCUT2D eigenvalue weighted by molar-refractivity contribution is 6.33. The molecule has 0 spiro atoms. The number of hydrogen-bond acceptors (Lipinski definition) is 5. The lowest BCUT2D eigenvalue weighted by molar-refractivity contribution is 0.0697. The Kier molecular flexibility index (Phi) is 2.97. The lowest BCUT2D eigenvalue weighted by atomic mass is 10.1. The van der Waals surface area contributed by atoms with Crippen molar-refractivity contribution in [2.45, 2.75) is 6.92 Å². The molecule has 0 fully saturated rings. The Morgan fingerprint density at radius 1 is 1.24 bits per heavy atom. The first-order valence-electron chi connectivity index (χ1n) is 4.65. The molecule has 1 heterocycles. The first-order valence-corrected chi connectivity index (χ1v) is 5.03. The number of carbonyl (C=O) groups is 1. The maximum Gasteiger partial charge on any atom is 0.335 e. The fraction of sp³-hybridized carbons (Fsp3) is 0.100. The first-order chi connectivity index (χ1) is 8.08. The number of nitrogens with zero attached hydrogens (tertiary/aromatic N) is 4. The Labute approximate surface area is 101 Å². The highest BCUT2D eigenvalue weighted by atomic mass is 35.5. The molecule has 0 amide bonds. The molecule has 0 aliphatic carbocycles. The molecule has 1 aromatic carbocycles. The van der Waals surface area contributed by atoms with Crippen LogP contribution < -0.4 is 0 Å². The molecule has 17 heavy (non-hydrogen) atoms. The predicted octanol–water partition coefficient (Wildman–Crippen LogP) is 1.59. The number of aromatic carboxylic acids is 1. The van der Waals surface area contributed by atoms with Crippen molar-refractivity contribution in [1.29, 1.82) is 0 Å². The first kappa shape index (κ1) is 11.4. The Hall–Kier alpha value is -2.08. The van der Waals surface area contributed by atoms with E-state index in [1.54, 1.807) is 6.92 Å². The van der Waals surface area contributed by atoms with Crippen LogP contribution >= 0.6 is 11.6 Å². The minimum absolute atomic E-state index is 0.105. The van der Waals surface area contributed by atoms with E-state index in [2.05, 4.69) is 20.4 Å². The fourth-order valence-electron chi connectivity index (χ4n) is 1.22. The van der Waals surface area contributed by atoms with E-state index in [1.807, 2.05) is 0 Å². The molecule has 86 valence electrons. The van der Waals surface area contributed by atoms with Crippen molar-refractivity contribution in [2.75, 3.05) is 0 Å². The van der Waals surface area contributed by atoms with Crippen LogP contribution in [0.5, 0.6) is 0 Å². The quantitative estimate of drug-likeness (QED) is 0.871. The molecule has 2 rings (SSSR count). The number of rotatable bonds is 2. The molecule has 0 bridgehead atoms. The van der Waals surface area contributed by atoms with Gasteiger partial charge >= 0.3 is 5.97 Å². The Balaban J connectivity index is 2.54. The second-order valence-corrected chi connectivity index (χ2v) is 3.68. The highest BCUT2D eigenvalue weighted by Gasteiger charge is 2.12. The molecular weight excluding hydrogens is 244 g/mol. The average molecular weight is 251 g/mol. The molecule has 0 aliphatic rings. The lowest BCUT2D eigenvalue weighted by Gasteiger charge is -2.02. The van der Waals surface area contributed by atoms with Gasteiger partial charge in [-0.25, -0.2) is 4.79 Å². The second kappa shape index (κ2) is 4.42. The van der Waals surface area contributed by atoms with Crippen LogP contribution in [0.15, 0.2) is 18.2 Å². The van der Waals surface area contributed by atoms with Crippen LogP contribution in [0.25, 0.3) is 11.4 Å². The summed E-state index contributed by atoms with van der Waals surface area (Å²) in [6.45, 7) is 1.65. The van der Waals surface area contributed by atoms with Crippen LogP contribution in [0.1, 0.15) is 16.2 Å². The molecule has 7 heteroatoms. The van der Waals surface area contributed by atoms with Crippen molar-refractivity contribution in [3.63, 3.8) is 0 Å². The smallest absolute Gasteiger partial charge is 0.335 e. The van der Waals surface area contributed by atoms with Crippen LogP contribution in [0.3, 0.4) is 0 Å². The minimum atomic E-state index is -1.05. The molecular formula is C10H7ClN4O2. The van der Waals surface area contributed by atoms with Crippen LogP contribution in [0.4, 0.5) is 0 Å². The zero-order valence-corrected chi connectivity index (χ0v) is 9.51. The van der Waals surface area contributed by atoms with Gasteiger partial charge in [0.15, 0.2) is 5.82 Å². The van der Waals surface area contributed by atoms with Gasteiger partial charge in [0.25, 0.3) is 0 Å². The zero-order chi connectivity index (χ0) is 12.4. The summed E-state index contributed by atoms with van der Waals surface area (Å²) in [6.07, 6.45) is 0. The van der Waals surface area contributed by atoms with Crippen molar-refractivity contribution in [1.82, 2.24) is 20.4 Å². The summed E-state index contributed by atoms with van der Waals surface area (Å²) in [5.74, 6) is -0.418. The summed E-state index contributed by atoms with van der Waals surface area (Å²) in [6, 6.07) is 4.27. The third-order valence-electron chi connectivity index (χ3n) is 2.03. The van der Waals surface area contributed by atoms with Gasteiger partial charge in [0.2, 0.25) is 5.82 Å². The van der Waals surface area contributed by atoms with Gasteiger partial charge < -0.3 is 5.11 Å². The molecule has 0 atom stereocenters. The van der Waals surface area contributed by atoms with Gasteiger partial charge in [-0.2, -0.15) is 0 Å². The average Bonchev–Trinajstić information content (AvgIpc) is 2.31. The Morgan fingerprint density at radius 2 is 1.88 bits per heavy atom. The monoisotopic (exact) mass is 250 g/mol. The van der Waals surface area contributed by atoms with Gasteiger partial charge in [-0.1, -0.05) is 11.6 Å². The van der Waals surface area contributed by atoms with Gasteiger partial charge in [0.1, 0.15) is 0 Å². The van der Waals surface area contributed by atoms with Crippen molar-refractivity contribution in [2.24, 2.45) is 0 Å². The lowest BCUT2D eigenvalue weighted by Crippen LogP contribution is -2.01. The predicted molar refractivity (Wildman–Crippen MR) is 59.8 cm³/mol. The Morgan fingerprint density at radius 3 is 2.47 bits per heavy atom. The van der Waals surface area contributed by atoms with Crippen molar-refractivity contribution in [3.05, 3.63) is 34.6 Å². The van der Waals surface area contributed by atoms with E-state index in [1.165, 1.54) is 18.2 Å². The van der Waals surface area contributed by atoms with Crippen molar-refractivity contribution in [3.8, 4) is 11.4 Å². The molecule has 0 aliphatic heterocycles. The van der Waals surface area contributed by atoms with E-state index >= 15 is 0 Å². The molecule has 1 aromatic heterocycles. The number of aromatic nitrogens is 4. The van der Waals surface area contributed by atoms with Gasteiger partial charge in [-0.05, 0) is 25.1 Å². The van der Waals surface area contributed by atoms with Crippen molar-refractivity contribution < 1.29 is 9.90 Å². The number of benzene rings is 1. The molecule has 0 unspecified atom stereocenters. The summed E-state index contributed by atoms with van der Waals surface area (Å²) in [7, 11) is 0. The third kappa shape index (κ3) is 2.36. The van der Waals surface area contributed by atoms with E-state index in [0.717, 1.165) is 0 Å². The van der Waals surface area contributed by atoms with Crippen LogP contribution in [-0.4, -0.2) is 31.5 Å². The molecule has 0 radical (unpaired) electrons. The normalized spacial score (nSPS) is 10.2. The molecule has 2 aromatic rings. The molecule has 6 nitrogen and oxygen atoms in total. The summed E-state index contributed by atoms with van der Waals surface area (Å²) in [5, 5.41) is 24.3. The largest absolute Gasteiger partial charge is 0.478 e. The number of halogens is 1. The standard InChI is InChI=1S/C10H7ClN4O2/c1-5-12-14-9(15-13-5)7-4-6(10(16)17)2-3-8(7)11/h2-4H,1H3,(H,16,17). The molecule has 0 saturated carbocycles. The summed E-state index contributed by atoms with van der Waals surface area (Å²) in [4.78, 5) is 10.8. The SMILES string of the molecule is Cc1nnc(-c2cc(C(=O)O)ccc2Cl)nn1. The van der Waals surface area contributed by atoms with E-state index in [9.17, 15) is 4.79 Å². The third-order valence-corrected chi connectivity index (χ3v) is 2.36. The maximum atomic E-state index is 10.8. The van der Waals surface area contributed by atoms with Crippen molar-refractivity contribution >= 4 is 17.6 Å². The number of carboxylic acid groups (broad SMARTS) is 1. The van der Waals surface area contributed by atoms with Gasteiger partial charge in [0, 0.05) is 5.56 Å². The number of carboxylic acids is 1.